The first-order valence-corrected chi connectivity index (χ1v) is 8.51. The predicted octanol–water partition coefficient (Wildman–Crippen LogP) is 4.56. The van der Waals surface area contributed by atoms with Gasteiger partial charge in [-0.15, -0.1) is 0 Å². The van der Waals surface area contributed by atoms with Crippen molar-refractivity contribution in [3.05, 3.63) is 23.8 Å². The molecule has 0 aliphatic rings. The first-order chi connectivity index (χ1) is 10.8. The summed E-state index contributed by atoms with van der Waals surface area (Å²) in [5.74, 6) is 1.13. The summed E-state index contributed by atoms with van der Waals surface area (Å²) in [6.07, 6.45) is 1.58. The summed E-state index contributed by atoms with van der Waals surface area (Å²) in [7, 11) is 0. The molecule has 23 heavy (non-hydrogen) atoms. The number of aryl methyl sites for hydroxylation is 1. The van der Waals surface area contributed by atoms with E-state index >= 15 is 0 Å². The van der Waals surface area contributed by atoms with Crippen molar-refractivity contribution in [1.29, 1.82) is 0 Å². The molecular weight excluding hydrogens is 290 g/mol. The second-order valence-electron chi connectivity index (χ2n) is 6.54. The molecule has 0 spiro atoms. The molecule has 1 aromatic carbocycles. The Morgan fingerprint density at radius 2 is 2.00 bits per heavy atom. The minimum Gasteiger partial charge on any atom is -0.494 e. The van der Waals surface area contributed by atoms with E-state index in [-0.39, 0.29) is 5.91 Å². The number of carbonyl (C=O) groups is 1. The molecular formula is C19H31NO3. The van der Waals surface area contributed by atoms with Crippen molar-refractivity contribution < 1.29 is 14.3 Å². The highest BCUT2D eigenvalue weighted by Crippen LogP contribution is 2.26. The maximum atomic E-state index is 12.7. The quantitative estimate of drug-likeness (QED) is 0.725. The van der Waals surface area contributed by atoms with Crippen LogP contribution in [0, 0.1) is 12.8 Å². The summed E-state index contributed by atoms with van der Waals surface area (Å²) in [5.41, 5.74) is 0.965. The third-order valence-corrected chi connectivity index (χ3v) is 3.64. The Kier molecular flexibility index (Phi) is 7.56. The number of ether oxygens (including phenoxy) is 2. The standard InChI is InChI=1S/C19H31NO3/c1-7-11-23-19(6,13-14(3)4)18(21)20-16-9-10-17(22-8-2)15(5)12-16/h9-10,12,14H,7-8,11,13H2,1-6H3,(H,20,21)/t19-/m1/s1. The lowest BCUT2D eigenvalue weighted by Gasteiger charge is -2.30. The molecule has 0 aliphatic heterocycles. The summed E-state index contributed by atoms with van der Waals surface area (Å²) in [4.78, 5) is 12.7. The van der Waals surface area contributed by atoms with E-state index in [0.717, 1.165) is 23.4 Å². The lowest BCUT2D eigenvalue weighted by Crippen LogP contribution is -2.44. The lowest BCUT2D eigenvalue weighted by atomic mass is 9.93. The largest absolute Gasteiger partial charge is 0.494 e. The molecule has 1 N–H and O–H groups in total. The highest BCUT2D eigenvalue weighted by atomic mass is 16.5. The Morgan fingerprint density at radius 1 is 1.30 bits per heavy atom. The van der Waals surface area contributed by atoms with Gasteiger partial charge >= 0.3 is 0 Å². The molecule has 0 aromatic heterocycles. The molecule has 0 unspecified atom stereocenters. The van der Waals surface area contributed by atoms with Crippen molar-refractivity contribution >= 4 is 11.6 Å². The highest BCUT2D eigenvalue weighted by molar-refractivity contribution is 5.97. The average Bonchev–Trinajstić information content (AvgIpc) is 2.47. The monoisotopic (exact) mass is 321 g/mol. The number of nitrogens with one attached hydrogen (secondary N) is 1. The Labute approximate surface area is 140 Å². The average molecular weight is 321 g/mol. The van der Waals surface area contributed by atoms with Crippen molar-refractivity contribution in [1.82, 2.24) is 0 Å². The smallest absolute Gasteiger partial charge is 0.256 e. The van der Waals surface area contributed by atoms with E-state index in [0.29, 0.717) is 25.6 Å². The van der Waals surface area contributed by atoms with Crippen LogP contribution in [0.3, 0.4) is 0 Å². The maximum Gasteiger partial charge on any atom is 0.256 e. The van der Waals surface area contributed by atoms with Crippen molar-refractivity contribution in [2.75, 3.05) is 18.5 Å². The second kappa shape index (κ2) is 8.92. The van der Waals surface area contributed by atoms with Gasteiger partial charge in [0.2, 0.25) is 0 Å². The molecule has 0 saturated heterocycles. The molecule has 0 fully saturated rings. The predicted molar refractivity (Wildman–Crippen MR) is 95.1 cm³/mol. The molecule has 1 amide bonds. The van der Waals surface area contributed by atoms with Gasteiger partial charge in [0.25, 0.3) is 5.91 Å². The summed E-state index contributed by atoms with van der Waals surface area (Å²) in [5, 5.41) is 2.99. The van der Waals surface area contributed by atoms with E-state index in [1.807, 2.05) is 45.9 Å². The summed E-state index contributed by atoms with van der Waals surface area (Å²) in [6, 6.07) is 5.69. The number of benzene rings is 1. The molecule has 130 valence electrons. The minimum absolute atomic E-state index is 0.0943. The number of hydrogen-bond acceptors (Lipinski definition) is 3. The number of anilines is 1. The third kappa shape index (κ3) is 5.87. The molecule has 0 radical (unpaired) electrons. The molecule has 0 heterocycles. The van der Waals surface area contributed by atoms with Crippen LogP contribution < -0.4 is 10.1 Å². The zero-order chi connectivity index (χ0) is 17.5. The number of rotatable bonds is 9. The van der Waals surface area contributed by atoms with Gasteiger partial charge in [-0.05, 0) is 63.3 Å². The molecule has 0 aliphatic carbocycles. The Morgan fingerprint density at radius 3 is 2.52 bits per heavy atom. The van der Waals surface area contributed by atoms with Gasteiger partial charge < -0.3 is 14.8 Å². The normalized spacial score (nSPS) is 13.7. The van der Waals surface area contributed by atoms with Crippen molar-refractivity contribution in [3.8, 4) is 5.75 Å². The molecule has 4 nitrogen and oxygen atoms in total. The number of hydrogen-bond donors (Lipinski definition) is 1. The number of amides is 1. The minimum atomic E-state index is -0.809. The van der Waals surface area contributed by atoms with Crippen LogP contribution in [-0.2, 0) is 9.53 Å². The van der Waals surface area contributed by atoms with E-state index in [1.165, 1.54) is 0 Å². The molecule has 4 heteroatoms. The van der Waals surface area contributed by atoms with Gasteiger partial charge in [-0.2, -0.15) is 0 Å². The van der Waals surface area contributed by atoms with E-state index in [4.69, 9.17) is 9.47 Å². The van der Waals surface area contributed by atoms with Gasteiger partial charge in [0.05, 0.1) is 6.61 Å². The SMILES string of the molecule is CCCO[C@](C)(CC(C)C)C(=O)Nc1ccc(OCC)c(C)c1. The van der Waals surface area contributed by atoms with Crippen LogP contribution in [0.15, 0.2) is 18.2 Å². The third-order valence-electron chi connectivity index (χ3n) is 3.64. The zero-order valence-corrected chi connectivity index (χ0v) is 15.4. The summed E-state index contributed by atoms with van der Waals surface area (Å²) < 4.78 is 11.4. The fraction of sp³-hybridized carbons (Fsp3) is 0.632. The summed E-state index contributed by atoms with van der Waals surface area (Å²) in [6.45, 7) is 13.3. The van der Waals surface area contributed by atoms with Gasteiger partial charge in [0.15, 0.2) is 0 Å². The van der Waals surface area contributed by atoms with Crippen LogP contribution >= 0.6 is 0 Å². The van der Waals surface area contributed by atoms with Crippen LogP contribution in [0.1, 0.15) is 53.0 Å². The second-order valence-corrected chi connectivity index (χ2v) is 6.54. The first-order valence-electron chi connectivity index (χ1n) is 8.51. The van der Waals surface area contributed by atoms with Crippen LogP contribution in [-0.4, -0.2) is 24.7 Å². The van der Waals surface area contributed by atoms with Gasteiger partial charge in [-0.3, -0.25) is 4.79 Å². The van der Waals surface area contributed by atoms with Gasteiger partial charge in [-0.25, -0.2) is 0 Å². The van der Waals surface area contributed by atoms with E-state index in [9.17, 15) is 4.79 Å². The van der Waals surface area contributed by atoms with Crippen molar-refractivity contribution in [2.24, 2.45) is 5.92 Å². The van der Waals surface area contributed by atoms with Crippen LogP contribution in [0.25, 0.3) is 0 Å². The summed E-state index contributed by atoms with van der Waals surface area (Å²) >= 11 is 0. The molecule has 1 rings (SSSR count). The topological polar surface area (TPSA) is 47.6 Å². The van der Waals surface area contributed by atoms with Gasteiger partial charge in [-0.1, -0.05) is 20.8 Å². The van der Waals surface area contributed by atoms with Gasteiger partial charge in [0, 0.05) is 12.3 Å². The van der Waals surface area contributed by atoms with Gasteiger partial charge in [0.1, 0.15) is 11.4 Å². The Bertz CT molecular complexity index is 513. The zero-order valence-electron chi connectivity index (χ0n) is 15.4. The molecule has 0 bridgehead atoms. The number of carbonyl (C=O) groups excluding carboxylic acids is 1. The Hall–Kier alpha value is -1.55. The Balaban J connectivity index is 2.87. The molecule has 1 aromatic rings. The first kappa shape index (κ1) is 19.5. The van der Waals surface area contributed by atoms with E-state index in [2.05, 4.69) is 19.2 Å². The fourth-order valence-corrected chi connectivity index (χ4v) is 2.63. The van der Waals surface area contributed by atoms with Crippen LogP contribution in [0.4, 0.5) is 5.69 Å². The van der Waals surface area contributed by atoms with Crippen LogP contribution in [0.2, 0.25) is 0 Å². The maximum absolute atomic E-state index is 12.7. The van der Waals surface area contributed by atoms with Crippen molar-refractivity contribution in [3.63, 3.8) is 0 Å². The van der Waals surface area contributed by atoms with Crippen molar-refractivity contribution in [2.45, 2.75) is 60.0 Å². The lowest BCUT2D eigenvalue weighted by molar-refractivity contribution is -0.141. The fourth-order valence-electron chi connectivity index (χ4n) is 2.63. The van der Waals surface area contributed by atoms with Crippen LogP contribution in [0.5, 0.6) is 5.75 Å². The molecule has 0 saturated carbocycles. The van der Waals surface area contributed by atoms with E-state index in [1.54, 1.807) is 0 Å². The highest BCUT2D eigenvalue weighted by Gasteiger charge is 2.35. The van der Waals surface area contributed by atoms with E-state index < -0.39 is 5.60 Å². The molecule has 1 atom stereocenters.